The molecular weight excluding hydrogens is 411 g/mol. The number of aromatic nitrogens is 2. The summed E-state index contributed by atoms with van der Waals surface area (Å²) in [5.74, 6) is 0.0640. The van der Waals surface area contributed by atoms with Crippen LogP contribution in [0.1, 0.15) is 5.56 Å². The molecule has 0 saturated heterocycles. The molecule has 0 aliphatic rings. The summed E-state index contributed by atoms with van der Waals surface area (Å²) in [6.45, 7) is 1.94. The van der Waals surface area contributed by atoms with Gasteiger partial charge in [0.15, 0.2) is 4.34 Å². The predicted octanol–water partition coefficient (Wildman–Crippen LogP) is 5.63. The third-order valence-corrected chi connectivity index (χ3v) is 6.01. The van der Waals surface area contributed by atoms with Crippen molar-refractivity contribution < 1.29 is 4.79 Å². The number of nitrogens with zero attached hydrogens (tertiary/aromatic N) is 2. The highest BCUT2D eigenvalue weighted by molar-refractivity contribution is 8.01. The summed E-state index contributed by atoms with van der Waals surface area (Å²) >= 11 is 14.8. The van der Waals surface area contributed by atoms with Crippen LogP contribution in [0.5, 0.6) is 0 Å². The summed E-state index contributed by atoms with van der Waals surface area (Å²) in [5, 5.41) is 15.9. The number of nitrogens with one attached hydrogen (secondary N) is 2. The van der Waals surface area contributed by atoms with E-state index in [1.807, 2.05) is 37.3 Å². The Balaban J connectivity index is 1.54. The van der Waals surface area contributed by atoms with Crippen LogP contribution in [-0.2, 0) is 4.79 Å². The molecule has 0 aliphatic heterocycles. The van der Waals surface area contributed by atoms with E-state index < -0.39 is 0 Å². The first-order valence-corrected chi connectivity index (χ1v) is 10.1. The monoisotopic (exact) mass is 424 g/mol. The highest BCUT2D eigenvalue weighted by Gasteiger charge is 2.10. The maximum atomic E-state index is 12.0. The van der Waals surface area contributed by atoms with Gasteiger partial charge in [-0.2, -0.15) is 0 Å². The number of carbonyl (C=O) groups is 1. The lowest BCUT2D eigenvalue weighted by atomic mass is 10.2. The first-order valence-electron chi connectivity index (χ1n) is 7.55. The lowest BCUT2D eigenvalue weighted by molar-refractivity contribution is -0.113. The molecule has 0 bridgehead atoms. The number of rotatable bonds is 6. The minimum Gasteiger partial charge on any atom is -0.330 e. The van der Waals surface area contributed by atoms with Crippen molar-refractivity contribution in [2.45, 2.75) is 11.3 Å². The zero-order valence-corrected chi connectivity index (χ0v) is 16.8. The molecule has 26 heavy (non-hydrogen) atoms. The van der Waals surface area contributed by atoms with Crippen molar-refractivity contribution in [2.24, 2.45) is 0 Å². The molecule has 9 heteroatoms. The van der Waals surface area contributed by atoms with Crippen LogP contribution < -0.4 is 10.6 Å². The summed E-state index contributed by atoms with van der Waals surface area (Å²) < 4.78 is 0.694. The summed E-state index contributed by atoms with van der Waals surface area (Å²) in [6.07, 6.45) is 0. The van der Waals surface area contributed by atoms with E-state index in [0.29, 0.717) is 25.2 Å². The van der Waals surface area contributed by atoms with Crippen molar-refractivity contribution in [3.05, 3.63) is 58.1 Å². The van der Waals surface area contributed by atoms with E-state index in [1.165, 1.54) is 23.1 Å². The molecule has 0 atom stereocenters. The minimum absolute atomic E-state index is 0.155. The Hall–Kier alpha value is -1.80. The van der Waals surface area contributed by atoms with Gasteiger partial charge in [0.1, 0.15) is 0 Å². The number of carbonyl (C=O) groups excluding carboxylic acids is 1. The van der Waals surface area contributed by atoms with E-state index in [2.05, 4.69) is 20.8 Å². The maximum Gasteiger partial charge on any atom is 0.234 e. The smallest absolute Gasteiger partial charge is 0.234 e. The van der Waals surface area contributed by atoms with E-state index in [-0.39, 0.29) is 11.7 Å². The summed E-state index contributed by atoms with van der Waals surface area (Å²) in [7, 11) is 0. The van der Waals surface area contributed by atoms with Crippen LogP contribution in [0.4, 0.5) is 16.5 Å². The largest absolute Gasteiger partial charge is 0.330 e. The van der Waals surface area contributed by atoms with E-state index in [0.717, 1.165) is 11.3 Å². The Morgan fingerprint density at radius 1 is 1.15 bits per heavy atom. The molecule has 134 valence electrons. The fourth-order valence-electron chi connectivity index (χ4n) is 1.99. The zero-order valence-electron chi connectivity index (χ0n) is 13.6. The number of hydrogen-bond acceptors (Lipinski definition) is 6. The standard InChI is InChI=1S/C17H14Cl2N4OS2/c1-10-6-7-11(8-13(10)19)20-16-22-23-17(26-16)25-9-15(24)21-14-5-3-2-4-12(14)18/h2-8H,9H2,1H3,(H,20,22)(H,21,24). The van der Waals surface area contributed by atoms with Gasteiger partial charge in [-0.05, 0) is 36.8 Å². The molecule has 1 amide bonds. The second-order valence-corrected chi connectivity index (χ2v) is 8.29. The van der Waals surface area contributed by atoms with Crippen LogP contribution in [-0.4, -0.2) is 21.9 Å². The third-order valence-electron chi connectivity index (χ3n) is 3.30. The molecule has 0 saturated carbocycles. The van der Waals surface area contributed by atoms with Gasteiger partial charge < -0.3 is 10.6 Å². The second-order valence-electron chi connectivity index (χ2n) is 5.28. The minimum atomic E-state index is -0.155. The Morgan fingerprint density at radius 3 is 2.73 bits per heavy atom. The van der Waals surface area contributed by atoms with Crippen molar-refractivity contribution in [2.75, 3.05) is 16.4 Å². The molecule has 0 fully saturated rings. The van der Waals surface area contributed by atoms with Crippen LogP contribution in [0.25, 0.3) is 0 Å². The van der Waals surface area contributed by atoms with Crippen LogP contribution in [0, 0.1) is 6.92 Å². The van der Waals surface area contributed by atoms with Gasteiger partial charge >= 0.3 is 0 Å². The van der Waals surface area contributed by atoms with E-state index in [9.17, 15) is 4.79 Å². The van der Waals surface area contributed by atoms with Gasteiger partial charge in [-0.15, -0.1) is 10.2 Å². The number of hydrogen-bond donors (Lipinski definition) is 2. The Labute approximate surface area is 169 Å². The topological polar surface area (TPSA) is 66.9 Å². The SMILES string of the molecule is Cc1ccc(Nc2nnc(SCC(=O)Nc3ccccc3Cl)s2)cc1Cl. The average molecular weight is 425 g/mol. The molecule has 3 aromatic rings. The summed E-state index contributed by atoms with van der Waals surface area (Å²) in [4.78, 5) is 12.0. The summed E-state index contributed by atoms with van der Waals surface area (Å²) in [6, 6.07) is 12.8. The normalized spacial score (nSPS) is 10.6. The van der Waals surface area contributed by atoms with Gasteiger partial charge in [0.2, 0.25) is 11.0 Å². The third kappa shape index (κ3) is 5.11. The number of para-hydroxylation sites is 1. The molecule has 1 heterocycles. The highest BCUT2D eigenvalue weighted by atomic mass is 35.5. The Bertz CT molecular complexity index is 933. The molecule has 1 aromatic heterocycles. The van der Waals surface area contributed by atoms with Crippen molar-refractivity contribution in [3.8, 4) is 0 Å². The van der Waals surface area contributed by atoms with Crippen molar-refractivity contribution >= 4 is 68.7 Å². The van der Waals surface area contributed by atoms with Crippen LogP contribution in [0.3, 0.4) is 0 Å². The van der Waals surface area contributed by atoms with E-state index >= 15 is 0 Å². The first-order chi connectivity index (χ1) is 12.5. The molecule has 5 nitrogen and oxygen atoms in total. The van der Waals surface area contributed by atoms with E-state index in [4.69, 9.17) is 23.2 Å². The molecule has 0 radical (unpaired) electrons. The number of halogens is 2. The Morgan fingerprint density at radius 2 is 1.96 bits per heavy atom. The molecule has 2 aromatic carbocycles. The summed E-state index contributed by atoms with van der Waals surface area (Å²) in [5.41, 5.74) is 2.44. The fraction of sp³-hybridized carbons (Fsp3) is 0.118. The number of aryl methyl sites for hydroxylation is 1. The van der Waals surface area contributed by atoms with Gasteiger partial charge in [0, 0.05) is 10.7 Å². The fourth-order valence-corrected chi connectivity index (χ4v) is 3.92. The predicted molar refractivity (Wildman–Crippen MR) is 110 cm³/mol. The van der Waals surface area contributed by atoms with Gasteiger partial charge in [0.05, 0.1) is 16.5 Å². The average Bonchev–Trinajstić information content (AvgIpc) is 3.06. The lowest BCUT2D eigenvalue weighted by Gasteiger charge is -2.05. The van der Waals surface area contributed by atoms with Crippen molar-refractivity contribution in [1.29, 1.82) is 0 Å². The number of benzene rings is 2. The number of thioether (sulfide) groups is 1. The van der Waals surface area contributed by atoms with Crippen LogP contribution in [0.2, 0.25) is 10.0 Å². The molecule has 3 rings (SSSR count). The quantitative estimate of drug-likeness (QED) is 0.501. The van der Waals surface area contributed by atoms with Crippen molar-refractivity contribution in [3.63, 3.8) is 0 Å². The molecular formula is C17H14Cl2N4OS2. The van der Waals surface area contributed by atoms with Gasteiger partial charge in [-0.25, -0.2) is 0 Å². The Kier molecular flexibility index (Phi) is 6.37. The lowest BCUT2D eigenvalue weighted by Crippen LogP contribution is -2.14. The second kappa shape index (κ2) is 8.73. The molecule has 0 spiro atoms. The van der Waals surface area contributed by atoms with Gasteiger partial charge in [-0.3, -0.25) is 4.79 Å². The molecule has 2 N–H and O–H groups in total. The molecule has 0 aliphatic carbocycles. The van der Waals surface area contributed by atoms with Gasteiger partial charge in [-0.1, -0.05) is 64.5 Å². The number of anilines is 3. The van der Waals surface area contributed by atoms with Crippen molar-refractivity contribution in [1.82, 2.24) is 10.2 Å². The van der Waals surface area contributed by atoms with Crippen LogP contribution >= 0.6 is 46.3 Å². The molecule has 0 unspecified atom stereocenters. The highest BCUT2D eigenvalue weighted by Crippen LogP contribution is 2.29. The zero-order chi connectivity index (χ0) is 18.5. The maximum absolute atomic E-state index is 12.0. The van der Waals surface area contributed by atoms with E-state index in [1.54, 1.807) is 12.1 Å². The van der Waals surface area contributed by atoms with Crippen LogP contribution in [0.15, 0.2) is 46.8 Å². The number of amides is 1. The first kappa shape index (κ1) is 19.0. The van der Waals surface area contributed by atoms with Gasteiger partial charge in [0.25, 0.3) is 0 Å².